The van der Waals surface area contributed by atoms with E-state index < -0.39 is 21.8 Å². The SMILES string of the molecule is CCCCOC(CCC)NS(=O)(=O)C(F)(F)F. The Morgan fingerprint density at radius 2 is 1.82 bits per heavy atom. The summed E-state index contributed by atoms with van der Waals surface area (Å²) in [5.74, 6) is 0. The van der Waals surface area contributed by atoms with Gasteiger partial charge in [0.2, 0.25) is 0 Å². The Morgan fingerprint density at radius 3 is 2.24 bits per heavy atom. The quantitative estimate of drug-likeness (QED) is 0.547. The number of nitrogens with one attached hydrogen (secondary N) is 1. The van der Waals surface area contributed by atoms with E-state index >= 15 is 0 Å². The van der Waals surface area contributed by atoms with Crippen molar-refractivity contribution in [2.75, 3.05) is 6.61 Å². The second-order valence-corrected chi connectivity index (χ2v) is 5.27. The summed E-state index contributed by atoms with van der Waals surface area (Å²) in [6.07, 6.45) is 1.12. The highest BCUT2D eigenvalue weighted by Gasteiger charge is 2.46. The topological polar surface area (TPSA) is 55.4 Å². The second-order valence-electron chi connectivity index (χ2n) is 3.57. The van der Waals surface area contributed by atoms with Crippen LogP contribution in [0.4, 0.5) is 13.2 Å². The molecule has 0 aromatic rings. The summed E-state index contributed by atoms with van der Waals surface area (Å²) in [6.45, 7) is 3.87. The molecule has 104 valence electrons. The Hall–Kier alpha value is -0.340. The van der Waals surface area contributed by atoms with E-state index in [2.05, 4.69) is 0 Å². The number of rotatable bonds is 8. The number of unbranched alkanes of at least 4 members (excludes halogenated alkanes) is 1. The van der Waals surface area contributed by atoms with E-state index in [1.165, 1.54) is 4.72 Å². The van der Waals surface area contributed by atoms with Gasteiger partial charge in [-0.15, -0.1) is 0 Å². The monoisotopic (exact) mass is 277 g/mol. The van der Waals surface area contributed by atoms with Gasteiger partial charge in [0.05, 0.1) is 0 Å². The summed E-state index contributed by atoms with van der Waals surface area (Å²) >= 11 is 0. The second kappa shape index (κ2) is 7.17. The molecule has 4 nitrogen and oxygen atoms in total. The lowest BCUT2D eigenvalue weighted by molar-refractivity contribution is -0.0485. The van der Waals surface area contributed by atoms with Crippen LogP contribution in [0.15, 0.2) is 0 Å². The van der Waals surface area contributed by atoms with Crippen molar-refractivity contribution in [2.45, 2.75) is 51.3 Å². The zero-order valence-electron chi connectivity index (χ0n) is 9.88. The molecule has 1 unspecified atom stereocenters. The molecular formula is C9H18F3NO3S. The molecule has 1 atom stereocenters. The summed E-state index contributed by atoms with van der Waals surface area (Å²) in [6, 6.07) is 0. The Labute approximate surface area is 99.6 Å². The molecule has 0 saturated carbocycles. The zero-order chi connectivity index (χ0) is 13.5. The molecule has 0 bridgehead atoms. The molecule has 0 fully saturated rings. The minimum atomic E-state index is -5.33. The molecule has 0 rings (SSSR count). The van der Waals surface area contributed by atoms with Crippen molar-refractivity contribution in [3.05, 3.63) is 0 Å². The molecule has 0 aliphatic rings. The van der Waals surface area contributed by atoms with Crippen LogP contribution in [0.2, 0.25) is 0 Å². The third-order valence-electron chi connectivity index (χ3n) is 1.96. The first-order chi connectivity index (χ1) is 7.74. The number of ether oxygens (including phenoxy) is 1. The first-order valence-corrected chi connectivity index (χ1v) is 6.93. The third kappa shape index (κ3) is 6.23. The van der Waals surface area contributed by atoms with E-state index in [0.717, 1.165) is 6.42 Å². The maximum Gasteiger partial charge on any atom is 0.511 e. The summed E-state index contributed by atoms with van der Waals surface area (Å²) < 4.78 is 64.6. The van der Waals surface area contributed by atoms with Crippen molar-refractivity contribution < 1.29 is 26.3 Å². The van der Waals surface area contributed by atoms with Gasteiger partial charge in [-0.3, -0.25) is 0 Å². The molecule has 17 heavy (non-hydrogen) atoms. The van der Waals surface area contributed by atoms with Crippen molar-refractivity contribution in [3.63, 3.8) is 0 Å². The molecule has 0 amide bonds. The fourth-order valence-corrected chi connectivity index (χ4v) is 1.71. The van der Waals surface area contributed by atoms with Crippen molar-refractivity contribution in [2.24, 2.45) is 0 Å². The number of alkyl halides is 3. The highest BCUT2D eigenvalue weighted by Crippen LogP contribution is 2.22. The molecule has 0 aromatic heterocycles. The summed E-state index contributed by atoms with van der Waals surface area (Å²) in [7, 11) is -5.33. The van der Waals surface area contributed by atoms with E-state index in [9.17, 15) is 21.6 Å². The van der Waals surface area contributed by atoms with Crippen molar-refractivity contribution in [3.8, 4) is 0 Å². The number of sulfonamides is 1. The van der Waals surface area contributed by atoms with Crippen LogP contribution < -0.4 is 4.72 Å². The Bertz CT molecular complexity index is 303. The molecule has 1 N–H and O–H groups in total. The Balaban J connectivity index is 4.43. The molecule has 0 aromatic carbocycles. The minimum Gasteiger partial charge on any atom is -0.362 e. The molecule has 0 saturated heterocycles. The standard InChI is InChI=1S/C9H18F3NO3S/c1-3-5-7-16-8(6-4-2)13-17(14,15)9(10,11)12/h8,13H,3-7H2,1-2H3. The molecule has 0 spiro atoms. The molecular weight excluding hydrogens is 259 g/mol. The first kappa shape index (κ1) is 16.7. The van der Waals surface area contributed by atoms with Crippen LogP contribution in [0, 0.1) is 0 Å². The van der Waals surface area contributed by atoms with Crippen LogP contribution in [-0.4, -0.2) is 26.8 Å². The maximum absolute atomic E-state index is 12.1. The molecule has 0 aliphatic carbocycles. The van der Waals surface area contributed by atoms with Gasteiger partial charge in [0.15, 0.2) is 0 Å². The van der Waals surface area contributed by atoms with Gasteiger partial charge < -0.3 is 4.74 Å². The number of hydrogen-bond acceptors (Lipinski definition) is 3. The van der Waals surface area contributed by atoms with Gasteiger partial charge in [-0.1, -0.05) is 26.7 Å². The smallest absolute Gasteiger partial charge is 0.362 e. The highest BCUT2D eigenvalue weighted by atomic mass is 32.2. The number of hydrogen-bond donors (Lipinski definition) is 1. The summed E-state index contributed by atoms with van der Waals surface area (Å²) in [4.78, 5) is 0. The van der Waals surface area contributed by atoms with Crippen molar-refractivity contribution in [1.29, 1.82) is 0 Å². The molecule has 8 heteroatoms. The van der Waals surface area contributed by atoms with Gasteiger partial charge in [-0.25, -0.2) is 8.42 Å². The van der Waals surface area contributed by atoms with Gasteiger partial charge in [0.1, 0.15) is 6.23 Å². The highest BCUT2D eigenvalue weighted by molar-refractivity contribution is 7.90. The van der Waals surface area contributed by atoms with Gasteiger partial charge in [-0.2, -0.15) is 17.9 Å². The molecule has 0 aliphatic heterocycles. The minimum absolute atomic E-state index is 0.207. The third-order valence-corrected chi connectivity index (χ3v) is 3.14. The lowest BCUT2D eigenvalue weighted by atomic mass is 10.3. The summed E-state index contributed by atoms with van der Waals surface area (Å²) in [5.41, 5.74) is -5.30. The Morgan fingerprint density at radius 1 is 1.24 bits per heavy atom. The number of halogens is 3. The normalized spacial score (nSPS) is 14.9. The van der Waals surface area contributed by atoms with Crippen molar-refractivity contribution >= 4 is 10.0 Å². The Kier molecular flexibility index (Phi) is 7.03. The summed E-state index contributed by atoms with van der Waals surface area (Å²) in [5, 5.41) is 0. The fourth-order valence-electron chi connectivity index (χ4n) is 1.05. The lowest BCUT2D eigenvalue weighted by Gasteiger charge is -2.19. The van der Waals surface area contributed by atoms with Crippen LogP contribution in [0.3, 0.4) is 0 Å². The zero-order valence-corrected chi connectivity index (χ0v) is 10.7. The van der Waals surface area contributed by atoms with Gasteiger partial charge >= 0.3 is 15.5 Å². The predicted octanol–water partition coefficient (Wildman–Crippen LogP) is 2.37. The predicted molar refractivity (Wildman–Crippen MR) is 57.7 cm³/mol. The van der Waals surface area contributed by atoms with Crippen molar-refractivity contribution in [1.82, 2.24) is 4.72 Å². The van der Waals surface area contributed by atoms with Crippen LogP contribution >= 0.6 is 0 Å². The van der Waals surface area contributed by atoms with Crippen LogP contribution in [0.25, 0.3) is 0 Å². The van der Waals surface area contributed by atoms with Gasteiger partial charge in [0.25, 0.3) is 0 Å². The van der Waals surface area contributed by atoms with Gasteiger partial charge in [-0.05, 0) is 12.8 Å². The average Bonchev–Trinajstić information content (AvgIpc) is 2.16. The van der Waals surface area contributed by atoms with E-state index in [0.29, 0.717) is 12.8 Å². The van der Waals surface area contributed by atoms with Crippen LogP contribution in [-0.2, 0) is 14.8 Å². The average molecular weight is 277 g/mol. The van der Waals surface area contributed by atoms with Crippen LogP contribution in [0.5, 0.6) is 0 Å². The van der Waals surface area contributed by atoms with E-state index in [1.54, 1.807) is 6.92 Å². The lowest BCUT2D eigenvalue weighted by Crippen LogP contribution is -2.44. The fraction of sp³-hybridized carbons (Fsp3) is 1.00. The van der Waals surface area contributed by atoms with E-state index in [1.807, 2.05) is 6.92 Å². The maximum atomic E-state index is 12.1. The first-order valence-electron chi connectivity index (χ1n) is 5.44. The van der Waals surface area contributed by atoms with E-state index in [4.69, 9.17) is 4.74 Å². The van der Waals surface area contributed by atoms with Crippen LogP contribution in [0.1, 0.15) is 39.5 Å². The van der Waals surface area contributed by atoms with E-state index in [-0.39, 0.29) is 13.0 Å². The largest absolute Gasteiger partial charge is 0.511 e. The van der Waals surface area contributed by atoms with Gasteiger partial charge in [0, 0.05) is 6.61 Å². The molecule has 0 heterocycles. The molecule has 0 radical (unpaired) electrons.